The summed E-state index contributed by atoms with van der Waals surface area (Å²) in [5.41, 5.74) is -0.340. The predicted octanol–water partition coefficient (Wildman–Crippen LogP) is 2.46. The van der Waals surface area contributed by atoms with Gasteiger partial charge in [-0.2, -0.15) is 0 Å². The Bertz CT molecular complexity index is 686. The maximum Gasteiger partial charge on any atom is 0.320 e. The average molecular weight is 419 g/mol. The zero-order chi connectivity index (χ0) is 21.5. The zero-order valence-electron chi connectivity index (χ0n) is 18.9. The minimum Gasteiger partial charge on any atom is -0.353 e. The van der Waals surface area contributed by atoms with Crippen LogP contribution in [0.3, 0.4) is 0 Å². The number of likely N-dealkylation sites (tertiary alicyclic amines) is 2. The fourth-order valence-corrected chi connectivity index (χ4v) is 5.72. The molecular formula is C23H38N4O3. The Labute approximate surface area is 180 Å². The molecule has 2 bridgehead atoms. The molecule has 2 unspecified atom stereocenters. The number of nitrogens with one attached hydrogen (secondary N) is 1. The molecule has 4 amide bonds. The Morgan fingerprint density at radius 3 is 2.50 bits per heavy atom. The third kappa shape index (κ3) is 4.17. The molecule has 4 rings (SSSR count). The van der Waals surface area contributed by atoms with E-state index in [4.69, 9.17) is 0 Å². The van der Waals surface area contributed by atoms with Gasteiger partial charge in [0.25, 0.3) is 0 Å². The minimum atomic E-state index is -0.340. The highest BCUT2D eigenvalue weighted by Gasteiger charge is 2.45. The van der Waals surface area contributed by atoms with E-state index in [9.17, 15) is 14.4 Å². The van der Waals surface area contributed by atoms with Gasteiger partial charge < -0.3 is 20.0 Å². The van der Waals surface area contributed by atoms with E-state index in [1.165, 1.54) is 0 Å². The summed E-state index contributed by atoms with van der Waals surface area (Å²) >= 11 is 0. The summed E-state index contributed by atoms with van der Waals surface area (Å²) < 4.78 is 0. The first-order chi connectivity index (χ1) is 14.3. The Morgan fingerprint density at radius 1 is 1.07 bits per heavy atom. The fourth-order valence-electron chi connectivity index (χ4n) is 5.72. The van der Waals surface area contributed by atoms with Crippen molar-refractivity contribution < 1.29 is 14.4 Å². The van der Waals surface area contributed by atoms with Gasteiger partial charge in [-0.05, 0) is 50.4 Å². The van der Waals surface area contributed by atoms with Crippen molar-refractivity contribution in [2.24, 2.45) is 17.3 Å². The summed E-state index contributed by atoms with van der Waals surface area (Å²) in [5, 5.41) is 3.19. The SMILES string of the molecule is CCC(C)(C)C(=O)NC1CCN(C(=O)N2CC3CC(C2)[C@H]2CCCC(=O)N2C3)CC1. The number of carbonyl (C=O) groups excluding carboxylic acids is 3. The van der Waals surface area contributed by atoms with Gasteiger partial charge in [-0.15, -0.1) is 0 Å². The van der Waals surface area contributed by atoms with Gasteiger partial charge in [0.2, 0.25) is 11.8 Å². The van der Waals surface area contributed by atoms with Crippen molar-refractivity contribution in [1.82, 2.24) is 20.0 Å². The van der Waals surface area contributed by atoms with E-state index >= 15 is 0 Å². The third-order valence-electron chi connectivity index (χ3n) is 8.05. The number of piperidine rings is 4. The first kappa shape index (κ1) is 21.4. The molecule has 4 saturated heterocycles. The summed E-state index contributed by atoms with van der Waals surface area (Å²) in [7, 11) is 0. The highest BCUT2D eigenvalue weighted by molar-refractivity contribution is 5.82. The molecule has 0 aromatic rings. The molecular weight excluding hydrogens is 380 g/mol. The van der Waals surface area contributed by atoms with Crippen LogP contribution in [-0.4, -0.2) is 77.4 Å². The molecule has 0 aromatic heterocycles. The molecule has 7 nitrogen and oxygen atoms in total. The van der Waals surface area contributed by atoms with Crippen LogP contribution in [-0.2, 0) is 9.59 Å². The van der Waals surface area contributed by atoms with E-state index in [-0.39, 0.29) is 23.4 Å². The molecule has 168 valence electrons. The molecule has 4 aliphatic heterocycles. The van der Waals surface area contributed by atoms with Crippen molar-refractivity contribution in [1.29, 1.82) is 0 Å². The van der Waals surface area contributed by atoms with E-state index in [0.717, 1.165) is 58.2 Å². The quantitative estimate of drug-likeness (QED) is 0.765. The monoisotopic (exact) mass is 418 g/mol. The van der Waals surface area contributed by atoms with Gasteiger partial charge in [-0.1, -0.05) is 20.8 Å². The lowest BCUT2D eigenvalue weighted by Gasteiger charge is -2.53. The second-order valence-corrected chi connectivity index (χ2v) is 10.5. The van der Waals surface area contributed by atoms with Gasteiger partial charge in [-0.3, -0.25) is 9.59 Å². The second-order valence-electron chi connectivity index (χ2n) is 10.5. The number of hydrogen-bond acceptors (Lipinski definition) is 3. The van der Waals surface area contributed by atoms with Crippen molar-refractivity contribution in [2.45, 2.75) is 77.8 Å². The van der Waals surface area contributed by atoms with Crippen LogP contribution in [0.25, 0.3) is 0 Å². The highest BCUT2D eigenvalue weighted by Crippen LogP contribution is 2.38. The largest absolute Gasteiger partial charge is 0.353 e. The molecule has 7 heteroatoms. The first-order valence-corrected chi connectivity index (χ1v) is 11.9. The van der Waals surface area contributed by atoms with Crippen LogP contribution in [0.15, 0.2) is 0 Å². The van der Waals surface area contributed by atoms with Crippen LogP contribution in [0.2, 0.25) is 0 Å². The second kappa shape index (κ2) is 8.39. The lowest BCUT2D eigenvalue weighted by molar-refractivity contribution is -0.144. The summed E-state index contributed by atoms with van der Waals surface area (Å²) in [4.78, 5) is 44.1. The van der Waals surface area contributed by atoms with Crippen LogP contribution >= 0.6 is 0 Å². The minimum absolute atomic E-state index is 0.116. The molecule has 0 aromatic carbocycles. The molecule has 30 heavy (non-hydrogen) atoms. The van der Waals surface area contributed by atoms with E-state index in [1.807, 2.05) is 30.6 Å². The zero-order valence-corrected chi connectivity index (χ0v) is 18.9. The maximum atomic E-state index is 13.2. The summed E-state index contributed by atoms with van der Waals surface area (Å²) in [5.74, 6) is 1.28. The highest BCUT2D eigenvalue weighted by atomic mass is 16.2. The summed E-state index contributed by atoms with van der Waals surface area (Å²) in [6, 6.07) is 0.648. The summed E-state index contributed by atoms with van der Waals surface area (Å²) in [6.07, 6.45) is 6.38. The van der Waals surface area contributed by atoms with Crippen molar-refractivity contribution >= 4 is 17.8 Å². The first-order valence-electron chi connectivity index (χ1n) is 11.9. The van der Waals surface area contributed by atoms with Crippen LogP contribution in [0, 0.1) is 17.3 Å². The number of rotatable bonds is 3. The van der Waals surface area contributed by atoms with E-state index in [1.54, 1.807) is 0 Å². The normalized spacial score (nSPS) is 30.2. The van der Waals surface area contributed by atoms with Gasteiger partial charge in [0.1, 0.15) is 0 Å². The molecule has 0 saturated carbocycles. The van der Waals surface area contributed by atoms with Crippen molar-refractivity contribution in [3.8, 4) is 0 Å². The fraction of sp³-hybridized carbons (Fsp3) is 0.870. The van der Waals surface area contributed by atoms with Gasteiger partial charge in [0, 0.05) is 56.6 Å². The standard InChI is InChI=1S/C23H38N4O3/c1-4-23(2,3)21(29)24-18-8-10-25(11-9-18)22(30)26-13-16-12-17(15-26)19-6-5-7-20(28)27(19)14-16/h16-19H,4-15H2,1-3H3,(H,24,29)/t16?,17?,19-/m1/s1. The molecule has 3 atom stereocenters. The Morgan fingerprint density at radius 2 is 1.80 bits per heavy atom. The number of urea groups is 1. The van der Waals surface area contributed by atoms with Crippen molar-refractivity contribution in [3.63, 3.8) is 0 Å². The number of fused-ring (bicyclic) bond motifs is 4. The van der Waals surface area contributed by atoms with Crippen LogP contribution in [0.4, 0.5) is 4.79 Å². The molecule has 4 heterocycles. The Kier molecular flexibility index (Phi) is 5.99. The summed E-state index contributed by atoms with van der Waals surface area (Å²) in [6.45, 7) is 9.79. The molecule has 0 radical (unpaired) electrons. The van der Waals surface area contributed by atoms with Gasteiger partial charge >= 0.3 is 6.03 Å². The predicted molar refractivity (Wildman–Crippen MR) is 115 cm³/mol. The Hall–Kier alpha value is -1.79. The molecule has 1 N–H and O–H groups in total. The van der Waals surface area contributed by atoms with Crippen LogP contribution in [0.5, 0.6) is 0 Å². The number of carbonyl (C=O) groups is 3. The molecule has 4 aliphatic rings. The van der Waals surface area contributed by atoms with Crippen LogP contribution < -0.4 is 5.32 Å². The number of amides is 4. The molecule has 4 fully saturated rings. The topological polar surface area (TPSA) is 73.0 Å². The Balaban J connectivity index is 1.30. The van der Waals surface area contributed by atoms with Crippen LogP contribution in [0.1, 0.15) is 65.7 Å². The molecule has 0 spiro atoms. The average Bonchev–Trinajstić information content (AvgIpc) is 2.74. The number of nitrogens with zero attached hydrogens (tertiary/aromatic N) is 3. The lowest BCUT2D eigenvalue weighted by Crippen LogP contribution is -2.62. The van der Waals surface area contributed by atoms with E-state index < -0.39 is 0 Å². The smallest absolute Gasteiger partial charge is 0.320 e. The maximum absolute atomic E-state index is 13.2. The van der Waals surface area contributed by atoms with Gasteiger partial charge in [0.05, 0.1) is 0 Å². The lowest BCUT2D eigenvalue weighted by atomic mass is 9.76. The van der Waals surface area contributed by atoms with Crippen molar-refractivity contribution in [2.75, 3.05) is 32.7 Å². The number of hydrogen-bond donors (Lipinski definition) is 1. The van der Waals surface area contributed by atoms with Gasteiger partial charge in [-0.25, -0.2) is 4.79 Å². The third-order valence-corrected chi connectivity index (χ3v) is 8.05. The van der Waals surface area contributed by atoms with E-state index in [2.05, 4.69) is 10.2 Å². The van der Waals surface area contributed by atoms with Crippen molar-refractivity contribution in [3.05, 3.63) is 0 Å². The van der Waals surface area contributed by atoms with E-state index in [0.29, 0.717) is 43.3 Å². The van der Waals surface area contributed by atoms with Gasteiger partial charge in [0.15, 0.2) is 0 Å². The molecule has 0 aliphatic carbocycles.